The van der Waals surface area contributed by atoms with Crippen molar-refractivity contribution in [1.82, 2.24) is 0 Å². The third-order valence-electron chi connectivity index (χ3n) is 5.38. The Kier molecular flexibility index (Phi) is 2.05. The van der Waals surface area contributed by atoms with Gasteiger partial charge in [-0.3, -0.25) is 0 Å². The molecule has 1 nitrogen and oxygen atoms in total. The Morgan fingerprint density at radius 3 is 2.00 bits per heavy atom. The quantitative estimate of drug-likeness (QED) is 0.509. The van der Waals surface area contributed by atoms with Crippen molar-refractivity contribution < 1.29 is 4.79 Å². The van der Waals surface area contributed by atoms with Crippen molar-refractivity contribution in [3.8, 4) is 0 Å². The van der Waals surface area contributed by atoms with Gasteiger partial charge in [-0.05, 0) is 62.2 Å². The topological polar surface area (TPSA) is 17.1 Å². The molecule has 0 heterocycles. The van der Waals surface area contributed by atoms with E-state index in [9.17, 15) is 4.79 Å². The van der Waals surface area contributed by atoms with E-state index < -0.39 is 0 Å². The van der Waals surface area contributed by atoms with Crippen LogP contribution in [-0.2, 0) is 4.79 Å². The molecule has 0 aromatic carbocycles. The summed E-state index contributed by atoms with van der Waals surface area (Å²) in [6, 6.07) is 0. The zero-order valence-corrected chi connectivity index (χ0v) is 9.32. The van der Waals surface area contributed by atoms with E-state index in [-0.39, 0.29) is 5.41 Å². The lowest BCUT2D eigenvalue weighted by Gasteiger charge is -2.59. The average molecular weight is 204 g/mol. The summed E-state index contributed by atoms with van der Waals surface area (Å²) >= 11 is 0. The van der Waals surface area contributed by atoms with Crippen molar-refractivity contribution in [3.05, 3.63) is 12.7 Å². The number of rotatable bonds is 3. The second-order valence-electron chi connectivity index (χ2n) is 6.03. The fourth-order valence-electron chi connectivity index (χ4n) is 4.89. The fraction of sp³-hybridized carbons (Fsp3) is 0.786. The van der Waals surface area contributed by atoms with Gasteiger partial charge < -0.3 is 4.79 Å². The van der Waals surface area contributed by atoms with Crippen molar-refractivity contribution in [3.63, 3.8) is 0 Å². The van der Waals surface area contributed by atoms with Gasteiger partial charge in [0.25, 0.3) is 0 Å². The van der Waals surface area contributed by atoms with E-state index in [0.29, 0.717) is 11.8 Å². The van der Waals surface area contributed by atoms with Crippen molar-refractivity contribution in [2.75, 3.05) is 0 Å². The highest BCUT2D eigenvalue weighted by Crippen LogP contribution is 2.62. The minimum absolute atomic E-state index is 0.00479. The van der Waals surface area contributed by atoms with E-state index in [0.717, 1.165) is 18.3 Å². The number of allylic oxidation sites excluding steroid dienone is 1. The summed E-state index contributed by atoms with van der Waals surface area (Å²) in [5.74, 6) is 3.27. The first-order valence-electron chi connectivity index (χ1n) is 6.35. The van der Waals surface area contributed by atoms with Crippen LogP contribution in [0.1, 0.15) is 38.5 Å². The van der Waals surface area contributed by atoms with Gasteiger partial charge in [-0.1, -0.05) is 6.08 Å². The van der Waals surface area contributed by atoms with Gasteiger partial charge in [0.2, 0.25) is 0 Å². The fourth-order valence-corrected chi connectivity index (χ4v) is 4.89. The zero-order chi connectivity index (χ0) is 10.5. The van der Waals surface area contributed by atoms with Crippen LogP contribution in [0.2, 0.25) is 0 Å². The number of carbonyl (C=O) groups is 1. The van der Waals surface area contributed by atoms with Crippen LogP contribution in [0.3, 0.4) is 0 Å². The SMILES string of the molecule is C=CCC1(C=O)C2CC3CC(C2)CC1C3. The summed E-state index contributed by atoms with van der Waals surface area (Å²) in [5, 5.41) is 0. The first-order chi connectivity index (χ1) is 7.28. The molecule has 4 fully saturated rings. The van der Waals surface area contributed by atoms with Crippen molar-refractivity contribution >= 4 is 6.29 Å². The van der Waals surface area contributed by atoms with Gasteiger partial charge in [0.1, 0.15) is 6.29 Å². The molecule has 82 valence electrons. The van der Waals surface area contributed by atoms with E-state index in [1.54, 1.807) is 0 Å². The molecule has 0 radical (unpaired) electrons. The van der Waals surface area contributed by atoms with Crippen LogP contribution in [0.5, 0.6) is 0 Å². The molecule has 1 heteroatoms. The van der Waals surface area contributed by atoms with Gasteiger partial charge in [-0.25, -0.2) is 0 Å². The van der Waals surface area contributed by atoms with E-state index in [4.69, 9.17) is 0 Å². The Morgan fingerprint density at radius 1 is 1.07 bits per heavy atom. The normalized spacial score (nSPS) is 51.7. The molecule has 0 spiro atoms. The molecular formula is C14H20O. The summed E-state index contributed by atoms with van der Waals surface area (Å²) in [6.07, 6.45) is 10.9. The van der Waals surface area contributed by atoms with E-state index in [1.165, 1.54) is 38.4 Å². The summed E-state index contributed by atoms with van der Waals surface area (Å²) in [5.41, 5.74) is -0.00479. The van der Waals surface area contributed by atoms with E-state index in [2.05, 4.69) is 6.58 Å². The number of aldehydes is 1. The summed E-state index contributed by atoms with van der Waals surface area (Å²) in [4.78, 5) is 11.6. The third-order valence-corrected chi connectivity index (χ3v) is 5.38. The van der Waals surface area contributed by atoms with Crippen molar-refractivity contribution in [2.45, 2.75) is 38.5 Å². The second kappa shape index (κ2) is 3.20. The molecule has 15 heavy (non-hydrogen) atoms. The standard InChI is InChI=1S/C14H20O/c1-2-3-14(9-15)12-5-10-4-11(7-12)8-13(14)6-10/h2,9-13H,1,3-8H2. The lowest BCUT2D eigenvalue weighted by Crippen LogP contribution is -2.53. The maximum Gasteiger partial charge on any atom is 0.127 e. The minimum Gasteiger partial charge on any atom is -0.303 e. The van der Waals surface area contributed by atoms with Gasteiger partial charge in [-0.15, -0.1) is 6.58 Å². The van der Waals surface area contributed by atoms with Crippen LogP contribution >= 0.6 is 0 Å². The predicted molar refractivity (Wildman–Crippen MR) is 60.4 cm³/mol. The van der Waals surface area contributed by atoms with Gasteiger partial charge in [0.05, 0.1) is 0 Å². The molecule has 0 aromatic heterocycles. The molecular weight excluding hydrogens is 184 g/mol. The highest BCUT2D eigenvalue weighted by Gasteiger charge is 2.56. The van der Waals surface area contributed by atoms with Crippen molar-refractivity contribution in [1.29, 1.82) is 0 Å². The first-order valence-corrected chi connectivity index (χ1v) is 6.35. The Labute approximate surface area is 91.9 Å². The molecule has 0 amide bonds. The van der Waals surface area contributed by atoms with Gasteiger partial charge >= 0.3 is 0 Å². The minimum atomic E-state index is -0.00479. The molecule has 0 aliphatic heterocycles. The van der Waals surface area contributed by atoms with Gasteiger partial charge in [-0.2, -0.15) is 0 Å². The molecule has 0 aromatic rings. The Balaban J connectivity index is 1.95. The summed E-state index contributed by atoms with van der Waals surface area (Å²) < 4.78 is 0. The van der Waals surface area contributed by atoms with Crippen LogP contribution in [0, 0.1) is 29.1 Å². The Hall–Kier alpha value is -0.590. The maximum atomic E-state index is 11.6. The largest absolute Gasteiger partial charge is 0.303 e. The van der Waals surface area contributed by atoms with Gasteiger partial charge in [0, 0.05) is 5.41 Å². The Morgan fingerprint density at radius 2 is 1.60 bits per heavy atom. The van der Waals surface area contributed by atoms with Crippen LogP contribution in [0.15, 0.2) is 12.7 Å². The number of hydrogen-bond acceptors (Lipinski definition) is 1. The second-order valence-corrected chi connectivity index (χ2v) is 6.03. The van der Waals surface area contributed by atoms with Gasteiger partial charge in [0.15, 0.2) is 0 Å². The van der Waals surface area contributed by atoms with Crippen LogP contribution in [0.25, 0.3) is 0 Å². The third kappa shape index (κ3) is 1.18. The van der Waals surface area contributed by atoms with E-state index >= 15 is 0 Å². The predicted octanol–water partition coefficient (Wildman–Crippen LogP) is 3.20. The molecule has 4 aliphatic rings. The molecule has 4 saturated carbocycles. The monoisotopic (exact) mass is 204 g/mol. The Bertz CT molecular complexity index is 264. The lowest BCUT2D eigenvalue weighted by atomic mass is 9.45. The lowest BCUT2D eigenvalue weighted by molar-refractivity contribution is -0.143. The maximum absolute atomic E-state index is 11.6. The molecule has 0 unspecified atom stereocenters. The number of hydrogen-bond donors (Lipinski definition) is 0. The van der Waals surface area contributed by atoms with Crippen LogP contribution in [-0.4, -0.2) is 6.29 Å². The first kappa shape index (κ1) is 9.62. The number of carbonyl (C=O) groups excluding carboxylic acids is 1. The molecule has 4 aliphatic carbocycles. The smallest absolute Gasteiger partial charge is 0.127 e. The summed E-state index contributed by atoms with van der Waals surface area (Å²) in [7, 11) is 0. The zero-order valence-electron chi connectivity index (χ0n) is 9.32. The molecule has 0 atom stereocenters. The highest BCUT2D eigenvalue weighted by atomic mass is 16.1. The molecule has 4 rings (SSSR count). The molecule has 0 saturated heterocycles. The summed E-state index contributed by atoms with van der Waals surface area (Å²) in [6.45, 7) is 3.85. The van der Waals surface area contributed by atoms with Crippen LogP contribution < -0.4 is 0 Å². The molecule has 4 bridgehead atoms. The average Bonchev–Trinajstić information content (AvgIpc) is 2.23. The van der Waals surface area contributed by atoms with Crippen LogP contribution in [0.4, 0.5) is 0 Å². The van der Waals surface area contributed by atoms with E-state index in [1.807, 2.05) is 6.08 Å². The van der Waals surface area contributed by atoms with Crippen molar-refractivity contribution in [2.24, 2.45) is 29.1 Å². The molecule has 0 N–H and O–H groups in total. The highest BCUT2D eigenvalue weighted by molar-refractivity contribution is 5.62.